The molecule has 2 heterocycles. The molecule has 0 saturated carbocycles. The fourth-order valence-corrected chi connectivity index (χ4v) is 2.79. The maximum Gasteiger partial charge on any atom is 0.240 e. The summed E-state index contributed by atoms with van der Waals surface area (Å²) < 4.78 is 0. The molecule has 1 amide bonds. The zero-order valence-corrected chi connectivity index (χ0v) is 11.8. The molecule has 2 N–H and O–H groups in total. The van der Waals surface area contributed by atoms with Crippen LogP contribution in [0.15, 0.2) is 24.4 Å². The van der Waals surface area contributed by atoms with Gasteiger partial charge in [0.15, 0.2) is 0 Å². The fourth-order valence-electron chi connectivity index (χ4n) is 2.79. The van der Waals surface area contributed by atoms with Gasteiger partial charge >= 0.3 is 0 Å². The van der Waals surface area contributed by atoms with Crippen molar-refractivity contribution in [1.82, 2.24) is 15.6 Å². The lowest BCUT2D eigenvalue weighted by Gasteiger charge is -2.29. The van der Waals surface area contributed by atoms with E-state index in [0.29, 0.717) is 0 Å². The Hall–Kier alpha value is -1.42. The summed E-state index contributed by atoms with van der Waals surface area (Å²) in [5.74, 6) is 0.116. The van der Waals surface area contributed by atoms with E-state index in [2.05, 4.69) is 22.5 Å². The third-order valence-corrected chi connectivity index (χ3v) is 3.83. The van der Waals surface area contributed by atoms with Gasteiger partial charge in [0.2, 0.25) is 5.91 Å². The molecule has 1 aliphatic heterocycles. The number of nitrogens with zero attached hydrogens (tertiary/aromatic N) is 1. The van der Waals surface area contributed by atoms with Crippen molar-refractivity contribution < 1.29 is 4.79 Å². The second-order valence-corrected chi connectivity index (χ2v) is 5.31. The van der Waals surface area contributed by atoms with E-state index in [1.165, 1.54) is 0 Å². The van der Waals surface area contributed by atoms with Gasteiger partial charge in [0.05, 0.1) is 17.3 Å². The highest BCUT2D eigenvalue weighted by Gasteiger charge is 2.40. The van der Waals surface area contributed by atoms with Crippen molar-refractivity contribution in [3.63, 3.8) is 0 Å². The molecule has 19 heavy (non-hydrogen) atoms. The molecule has 4 nitrogen and oxygen atoms in total. The molecule has 2 rings (SSSR count). The van der Waals surface area contributed by atoms with E-state index >= 15 is 0 Å². The van der Waals surface area contributed by atoms with Gasteiger partial charge in [-0.15, -0.1) is 0 Å². The molecular formula is C15H23N3O. The minimum Gasteiger partial charge on any atom is -0.346 e. The van der Waals surface area contributed by atoms with Gasteiger partial charge in [0.25, 0.3) is 0 Å². The average Bonchev–Trinajstić information content (AvgIpc) is 2.90. The normalized spacial score (nSPS) is 24.1. The molecule has 0 aliphatic carbocycles. The van der Waals surface area contributed by atoms with Crippen LogP contribution >= 0.6 is 0 Å². The maximum absolute atomic E-state index is 12.5. The number of carbonyl (C=O) groups excluding carboxylic acids is 1. The molecule has 0 aromatic carbocycles. The predicted octanol–water partition coefficient (Wildman–Crippen LogP) is 2.18. The van der Waals surface area contributed by atoms with Gasteiger partial charge in [-0.2, -0.15) is 0 Å². The van der Waals surface area contributed by atoms with Crippen LogP contribution in [-0.2, 0) is 4.79 Å². The summed E-state index contributed by atoms with van der Waals surface area (Å²) in [4.78, 5) is 16.8. The topological polar surface area (TPSA) is 54.0 Å². The lowest BCUT2D eigenvalue weighted by atomic mass is 9.90. The molecule has 2 atom stereocenters. The Morgan fingerprint density at radius 2 is 2.42 bits per heavy atom. The van der Waals surface area contributed by atoms with E-state index in [0.717, 1.165) is 37.9 Å². The average molecular weight is 261 g/mol. The molecule has 4 heteroatoms. The first-order valence-electron chi connectivity index (χ1n) is 7.15. The maximum atomic E-state index is 12.5. The molecule has 0 spiro atoms. The minimum absolute atomic E-state index is 0.0511. The van der Waals surface area contributed by atoms with E-state index in [1.54, 1.807) is 6.20 Å². The third-order valence-electron chi connectivity index (χ3n) is 3.83. The number of pyridine rings is 1. The highest BCUT2D eigenvalue weighted by molar-refractivity contribution is 5.87. The van der Waals surface area contributed by atoms with Crippen LogP contribution in [0, 0.1) is 0 Å². The Morgan fingerprint density at radius 1 is 1.58 bits per heavy atom. The van der Waals surface area contributed by atoms with Gasteiger partial charge in [0, 0.05) is 6.20 Å². The Labute approximate surface area is 115 Å². The lowest BCUT2D eigenvalue weighted by molar-refractivity contribution is -0.128. The molecule has 0 bridgehead atoms. The Kier molecular flexibility index (Phi) is 4.53. The smallest absolute Gasteiger partial charge is 0.240 e. The Balaban J connectivity index is 2.03. The number of rotatable bonds is 5. The number of amides is 1. The van der Waals surface area contributed by atoms with E-state index in [9.17, 15) is 4.79 Å². The van der Waals surface area contributed by atoms with Gasteiger partial charge in [0.1, 0.15) is 0 Å². The zero-order chi connectivity index (χ0) is 13.7. The van der Waals surface area contributed by atoms with Crippen LogP contribution in [-0.4, -0.2) is 23.0 Å². The molecule has 1 aliphatic rings. The molecule has 0 radical (unpaired) electrons. The van der Waals surface area contributed by atoms with Gasteiger partial charge in [-0.05, 0) is 44.9 Å². The summed E-state index contributed by atoms with van der Waals surface area (Å²) in [6.45, 7) is 5.04. The van der Waals surface area contributed by atoms with Crippen molar-refractivity contribution in [2.24, 2.45) is 0 Å². The standard InChI is InChI=1S/C15H23N3O/c1-3-8-15(9-6-11-17-15)14(19)18-12(2)13-7-4-5-10-16-13/h4-5,7,10,12,17H,3,6,8-9,11H2,1-2H3,(H,18,19)/t12-,15?/m0/s1. The summed E-state index contributed by atoms with van der Waals surface area (Å²) in [6.07, 6.45) is 5.67. The second kappa shape index (κ2) is 6.15. The van der Waals surface area contributed by atoms with Crippen LogP contribution in [0.4, 0.5) is 0 Å². The van der Waals surface area contributed by atoms with Crippen LogP contribution in [0.5, 0.6) is 0 Å². The van der Waals surface area contributed by atoms with Crippen LogP contribution in [0.2, 0.25) is 0 Å². The van der Waals surface area contributed by atoms with Crippen molar-refractivity contribution in [3.05, 3.63) is 30.1 Å². The van der Waals surface area contributed by atoms with Crippen molar-refractivity contribution >= 4 is 5.91 Å². The minimum atomic E-state index is -0.363. The monoisotopic (exact) mass is 261 g/mol. The van der Waals surface area contributed by atoms with Crippen molar-refractivity contribution in [2.45, 2.75) is 51.1 Å². The first-order valence-corrected chi connectivity index (χ1v) is 7.15. The number of carbonyl (C=O) groups is 1. The first kappa shape index (κ1) is 14.0. The fraction of sp³-hybridized carbons (Fsp3) is 0.600. The van der Waals surface area contributed by atoms with Gasteiger partial charge < -0.3 is 10.6 Å². The van der Waals surface area contributed by atoms with Crippen molar-refractivity contribution in [1.29, 1.82) is 0 Å². The van der Waals surface area contributed by atoms with E-state index in [4.69, 9.17) is 0 Å². The molecule has 1 unspecified atom stereocenters. The second-order valence-electron chi connectivity index (χ2n) is 5.31. The van der Waals surface area contributed by atoms with Gasteiger partial charge in [-0.25, -0.2) is 0 Å². The molecule has 1 aromatic rings. The zero-order valence-electron chi connectivity index (χ0n) is 11.8. The SMILES string of the molecule is CCCC1(C(=O)N[C@@H](C)c2ccccn2)CCCN1. The van der Waals surface area contributed by atoms with Crippen LogP contribution in [0.3, 0.4) is 0 Å². The largest absolute Gasteiger partial charge is 0.346 e. The molecule has 1 saturated heterocycles. The summed E-state index contributed by atoms with van der Waals surface area (Å²) >= 11 is 0. The van der Waals surface area contributed by atoms with Crippen LogP contribution in [0.1, 0.15) is 51.3 Å². The Morgan fingerprint density at radius 3 is 3.00 bits per heavy atom. The predicted molar refractivity (Wildman–Crippen MR) is 75.7 cm³/mol. The molecule has 1 fully saturated rings. The third kappa shape index (κ3) is 3.13. The highest BCUT2D eigenvalue weighted by Crippen LogP contribution is 2.26. The molecular weight excluding hydrogens is 238 g/mol. The summed E-state index contributed by atoms with van der Waals surface area (Å²) in [6, 6.07) is 5.72. The first-order chi connectivity index (χ1) is 9.18. The Bertz CT molecular complexity index is 413. The summed E-state index contributed by atoms with van der Waals surface area (Å²) in [7, 11) is 0. The number of hydrogen-bond acceptors (Lipinski definition) is 3. The lowest BCUT2D eigenvalue weighted by Crippen LogP contribution is -2.53. The van der Waals surface area contributed by atoms with Crippen LogP contribution in [0.25, 0.3) is 0 Å². The van der Waals surface area contributed by atoms with E-state index < -0.39 is 0 Å². The summed E-state index contributed by atoms with van der Waals surface area (Å²) in [5, 5.41) is 6.49. The highest BCUT2D eigenvalue weighted by atomic mass is 16.2. The van der Waals surface area contributed by atoms with Crippen LogP contribution < -0.4 is 10.6 Å². The van der Waals surface area contributed by atoms with Crippen molar-refractivity contribution in [2.75, 3.05) is 6.54 Å². The van der Waals surface area contributed by atoms with E-state index in [1.807, 2.05) is 25.1 Å². The molecule has 104 valence electrons. The number of hydrogen-bond donors (Lipinski definition) is 2. The number of aromatic nitrogens is 1. The van der Waals surface area contributed by atoms with Crippen molar-refractivity contribution in [3.8, 4) is 0 Å². The van der Waals surface area contributed by atoms with Gasteiger partial charge in [-0.3, -0.25) is 9.78 Å². The van der Waals surface area contributed by atoms with Gasteiger partial charge in [-0.1, -0.05) is 19.4 Å². The number of nitrogens with one attached hydrogen (secondary N) is 2. The summed E-state index contributed by atoms with van der Waals surface area (Å²) in [5.41, 5.74) is 0.540. The quantitative estimate of drug-likeness (QED) is 0.854. The van der Waals surface area contributed by atoms with E-state index in [-0.39, 0.29) is 17.5 Å². The molecule has 1 aromatic heterocycles.